The number of benzene rings is 1. The number of fused-ring (bicyclic) bond motifs is 1. The van der Waals surface area contributed by atoms with Crippen molar-refractivity contribution in [3.8, 4) is 5.82 Å². The highest BCUT2D eigenvalue weighted by Gasteiger charge is 2.13. The predicted molar refractivity (Wildman–Crippen MR) is 108 cm³/mol. The van der Waals surface area contributed by atoms with Crippen LogP contribution in [0.15, 0.2) is 24.3 Å². The van der Waals surface area contributed by atoms with E-state index in [0.29, 0.717) is 5.11 Å². The third-order valence-corrected chi connectivity index (χ3v) is 4.32. The zero-order valence-corrected chi connectivity index (χ0v) is 16.1. The molecule has 0 aliphatic rings. The van der Waals surface area contributed by atoms with E-state index < -0.39 is 0 Å². The van der Waals surface area contributed by atoms with E-state index in [1.54, 1.807) is 0 Å². The Morgan fingerprint density at radius 2 is 1.84 bits per heavy atom. The van der Waals surface area contributed by atoms with Gasteiger partial charge in [-0.15, -0.1) is 0 Å². The van der Waals surface area contributed by atoms with Gasteiger partial charge in [-0.2, -0.15) is 9.78 Å². The molecule has 3 rings (SSSR count). The summed E-state index contributed by atoms with van der Waals surface area (Å²) in [5.74, 6) is 1.59. The first-order valence-electron chi connectivity index (χ1n) is 8.39. The molecule has 0 fully saturated rings. The van der Waals surface area contributed by atoms with E-state index >= 15 is 0 Å². The highest BCUT2D eigenvalue weighted by atomic mass is 32.1. The maximum atomic E-state index is 5.31. The summed E-state index contributed by atoms with van der Waals surface area (Å²) in [7, 11) is 0. The van der Waals surface area contributed by atoms with Gasteiger partial charge in [-0.1, -0.05) is 11.6 Å². The summed E-state index contributed by atoms with van der Waals surface area (Å²) in [4.78, 5) is 4.87. The number of pyridine rings is 1. The molecule has 2 N–H and O–H groups in total. The number of aromatic nitrogens is 3. The van der Waals surface area contributed by atoms with E-state index in [4.69, 9.17) is 17.2 Å². The molecule has 0 unspecified atom stereocenters. The van der Waals surface area contributed by atoms with Crippen LogP contribution in [0.1, 0.15) is 29.3 Å². The topological polar surface area (TPSA) is 54.8 Å². The van der Waals surface area contributed by atoms with Gasteiger partial charge in [0, 0.05) is 18.0 Å². The fraction of sp³-hybridized carbons (Fsp3) is 0.316. The van der Waals surface area contributed by atoms with Crippen molar-refractivity contribution in [3.63, 3.8) is 0 Å². The van der Waals surface area contributed by atoms with E-state index in [9.17, 15) is 0 Å². The van der Waals surface area contributed by atoms with Crippen LogP contribution in [0.25, 0.3) is 16.7 Å². The number of rotatable bonds is 3. The second-order valence-corrected chi connectivity index (χ2v) is 6.75. The van der Waals surface area contributed by atoms with Crippen LogP contribution >= 0.6 is 12.2 Å². The van der Waals surface area contributed by atoms with Crippen LogP contribution in [0.3, 0.4) is 0 Å². The standard InChI is InChI=1S/C19H23N5S/c1-6-20-19(25)22-17-10-14(5)23-24(17)16-9-12(3)15-8-11(2)7-13(4)18(15)21-16/h7-10H,6H2,1-5H3,(H2,20,22,25). The first-order chi connectivity index (χ1) is 11.9. The Morgan fingerprint density at radius 3 is 2.56 bits per heavy atom. The first-order valence-corrected chi connectivity index (χ1v) is 8.80. The Morgan fingerprint density at radius 1 is 1.08 bits per heavy atom. The molecule has 130 valence electrons. The van der Waals surface area contributed by atoms with Crippen LogP contribution < -0.4 is 10.6 Å². The van der Waals surface area contributed by atoms with Gasteiger partial charge in [0.2, 0.25) is 0 Å². The maximum absolute atomic E-state index is 5.31. The van der Waals surface area contributed by atoms with Gasteiger partial charge < -0.3 is 10.6 Å². The normalized spacial score (nSPS) is 10.9. The summed E-state index contributed by atoms with van der Waals surface area (Å²) >= 11 is 5.31. The Hall–Kier alpha value is -2.47. The molecular weight excluding hydrogens is 330 g/mol. The minimum atomic E-state index is 0.577. The average molecular weight is 353 g/mol. The summed E-state index contributed by atoms with van der Waals surface area (Å²) in [6.45, 7) is 11.1. The lowest BCUT2D eigenvalue weighted by atomic mass is 10.0. The second kappa shape index (κ2) is 6.80. The summed E-state index contributed by atoms with van der Waals surface area (Å²) in [5.41, 5.74) is 5.51. The van der Waals surface area contributed by atoms with Crippen LogP contribution in [0, 0.1) is 27.7 Å². The quantitative estimate of drug-likeness (QED) is 0.698. The molecule has 2 aromatic heterocycles. The van der Waals surface area contributed by atoms with Crippen LogP contribution in [-0.2, 0) is 0 Å². The molecule has 2 heterocycles. The Kier molecular flexibility index (Phi) is 4.72. The van der Waals surface area contributed by atoms with E-state index in [0.717, 1.165) is 29.4 Å². The van der Waals surface area contributed by atoms with Crippen molar-refractivity contribution in [2.45, 2.75) is 34.6 Å². The summed E-state index contributed by atoms with van der Waals surface area (Å²) in [6, 6.07) is 8.37. The molecule has 0 spiro atoms. The van der Waals surface area contributed by atoms with Crippen molar-refractivity contribution in [1.82, 2.24) is 20.1 Å². The van der Waals surface area contributed by atoms with E-state index in [2.05, 4.69) is 54.7 Å². The zero-order valence-electron chi connectivity index (χ0n) is 15.3. The molecule has 0 amide bonds. The van der Waals surface area contributed by atoms with E-state index in [1.165, 1.54) is 22.1 Å². The molecule has 0 radical (unpaired) electrons. The second-order valence-electron chi connectivity index (χ2n) is 6.34. The smallest absolute Gasteiger partial charge is 0.171 e. The van der Waals surface area contributed by atoms with Crippen molar-refractivity contribution in [1.29, 1.82) is 0 Å². The van der Waals surface area contributed by atoms with Crippen LogP contribution in [0.5, 0.6) is 0 Å². The van der Waals surface area contributed by atoms with Gasteiger partial charge in [-0.3, -0.25) is 0 Å². The third-order valence-electron chi connectivity index (χ3n) is 4.07. The van der Waals surface area contributed by atoms with Gasteiger partial charge in [-0.05, 0) is 70.1 Å². The molecule has 0 saturated carbocycles. The van der Waals surface area contributed by atoms with Gasteiger partial charge in [0.05, 0.1) is 11.2 Å². The highest BCUT2D eigenvalue weighted by molar-refractivity contribution is 7.80. The Bertz CT molecular complexity index is 958. The molecule has 0 aliphatic heterocycles. The van der Waals surface area contributed by atoms with Gasteiger partial charge in [0.15, 0.2) is 10.9 Å². The lowest BCUT2D eigenvalue weighted by Crippen LogP contribution is -2.29. The summed E-state index contributed by atoms with van der Waals surface area (Å²) < 4.78 is 1.81. The molecule has 5 nitrogen and oxygen atoms in total. The molecule has 3 aromatic rings. The van der Waals surface area contributed by atoms with Crippen molar-refractivity contribution in [3.05, 3.63) is 46.6 Å². The molecule has 0 bridgehead atoms. The van der Waals surface area contributed by atoms with Crippen LogP contribution in [0.4, 0.5) is 5.82 Å². The summed E-state index contributed by atoms with van der Waals surface area (Å²) in [5, 5.41) is 12.7. The fourth-order valence-electron chi connectivity index (χ4n) is 3.02. The lowest BCUT2D eigenvalue weighted by molar-refractivity contribution is 0.842. The predicted octanol–water partition coefficient (Wildman–Crippen LogP) is 3.96. The summed E-state index contributed by atoms with van der Waals surface area (Å²) in [6.07, 6.45) is 0. The van der Waals surface area contributed by atoms with Crippen molar-refractivity contribution < 1.29 is 0 Å². The molecular formula is C19H23N5S. The monoisotopic (exact) mass is 353 g/mol. The SMILES string of the molecule is CCNC(=S)Nc1cc(C)nn1-c1cc(C)c2cc(C)cc(C)c2n1. The number of hydrogen-bond donors (Lipinski definition) is 2. The highest BCUT2D eigenvalue weighted by Crippen LogP contribution is 2.25. The minimum absolute atomic E-state index is 0.577. The number of hydrogen-bond acceptors (Lipinski definition) is 3. The van der Waals surface area contributed by atoms with Crippen LogP contribution in [0.2, 0.25) is 0 Å². The van der Waals surface area contributed by atoms with Crippen molar-refractivity contribution >= 4 is 34.1 Å². The van der Waals surface area contributed by atoms with Crippen molar-refractivity contribution in [2.24, 2.45) is 0 Å². The molecule has 0 saturated heterocycles. The van der Waals surface area contributed by atoms with Gasteiger partial charge in [0.25, 0.3) is 0 Å². The molecule has 25 heavy (non-hydrogen) atoms. The Balaban J connectivity index is 2.12. The number of anilines is 1. The molecule has 1 aromatic carbocycles. The van der Waals surface area contributed by atoms with Crippen molar-refractivity contribution in [2.75, 3.05) is 11.9 Å². The fourth-order valence-corrected chi connectivity index (χ4v) is 3.27. The average Bonchev–Trinajstić information content (AvgIpc) is 2.88. The maximum Gasteiger partial charge on any atom is 0.171 e. The molecule has 0 aliphatic carbocycles. The first kappa shape index (κ1) is 17.4. The number of nitrogens with one attached hydrogen (secondary N) is 2. The number of aryl methyl sites for hydroxylation is 4. The Labute approximate surface area is 153 Å². The van der Waals surface area contributed by atoms with E-state index in [-0.39, 0.29) is 0 Å². The van der Waals surface area contributed by atoms with Crippen LogP contribution in [-0.4, -0.2) is 26.4 Å². The largest absolute Gasteiger partial charge is 0.363 e. The number of nitrogens with zero attached hydrogens (tertiary/aromatic N) is 3. The van der Waals surface area contributed by atoms with Gasteiger partial charge in [-0.25, -0.2) is 4.98 Å². The third kappa shape index (κ3) is 3.49. The van der Waals surface area contributed by atoms with E-state index in [1.807, 2.05) is 24.6 Å². The lowest BCUT2D eigenvalue weighted by Gasteiger charge is -2.13. The molecule has 6 heteroatoms. The van der Waals surface area contributed by atoms with Gasteiger partial charge >= 0.3 is 0 Å². The zero-order chi connectivity index (χ0) is 18.1. The molecule has 0 atom stereocenters. The van der Waals surface area contributed by atoms with Gasteiger partial charge in [0.1, 0.15) is 5.82 Å². The number of thiocarbonyl (C=S) groups is 1. The minimum Gasteiger partial charge on any atom is -0.363 e.